The topological polar surface area (TPSA) is 98.3 Å². The van der Waals surface area contributed by atoms with Gasteiger partial charge >= 0.3 is 5.97 Å². The molecule has 0 saturated carbocycles. The molecule has 0 fully saturated rings. The molecule has 0 bridgehead atoms. The van der Waals surface area contributed by atoms with Gasteiger partial charge in [-0.05, 0) is 0 Å². The number of nitro groups is 1. The highest BCUT2D eigenvalue weighted by molar-refractivity contribution is 5.88. The van der Waals surface area contributed by atoms with Crippen LogP contribution in [0.4, 0.5) is 5.69 Å². The van der Waals surface area contributed by atoms with Gasteiger partial charge in [0.15, 0.2) is 0 Å². The van der Waals surface area contributed by atoms with Crippen molar-refractivity contribution in [2.75, 3.05) is 0 Å². The number of carboxylic acids is 1. The number of para-hydroxylation sites is 1. The molecule has 2 aromatic rings. The lowest BCUT2D eigenvalue weighted by Gasteiger charge is -1.99. The normalized spacial score (nSPS) is 10.5. The Morgan fingerprint density at radius 3 is 2.94 bits per heavy atom. The zero-order valence-electron chi connectivity index (χ0n) is 8.03. The second-order valence-electron chi connectivity index (χ2n) is 3.17. The van der Waals surface area contributed by atoms with E-state index in [1.807, 2.05) is 0 Å². The van der Waals surface area contributed by atoms with Gasteiger partial charge < -0.3 is 5.11 Å². The van der Waals surface area contributed by atoms with Crippen molar-refractivity contribution in [2.45, 2.75) is 6.54 Å². The maximum atomic E-state index is 10.8. The van der Waals surface area contributed by atoms with Crippen LogP contribution in [0.25, 0.3) is 10.9 Å². The standard InChI is InChI=1S/C9H7N3O4/c13-8(14)5-11-9-6(4-10-11)2-1-3-7(9)12(15)16/h1-4H,5H2,(H,13,14). The lowest BCUT2D eigenvalue weighted by Crippen LogP contribution is -2.10. The van der Waals surface area contributed by atoms with Gasteiger partial charge in [-0.1, -0.05) is 12.1 Å². The van der Waals surface area contributed by atoms with Crippen molar-refractivity contribution in [3.05, 3.63) is 34.5 Å². The monoisotopic (exact) mass is 221 g/mol. The molecular formula is C9H7N3O4. The van der Waals surface area contributed by atoms with E-state index in [9.17, 15) is 14.9 Å². The minimum atomic E-state index is -1.09. The largest absolute Gasteiger partial charge is 0.480 e. The number of hydrogen-bond acceptors (Lipinski definition) is 4. The molecule has 0 aliphatic rings. The summed E-state index contributed by atoms with van der Waals surface area (Å²) in [4.78, 5) is 20.8. The van der Waals surface area contributed by atoms with Gasteiger partial charge in [0.1, 0.15) is 12.1 Å². The predicted molar refractivity (Wildman–Crippen MR) is 54.0 cm³/mol. The number of aliphatic carboxylic acids is 1. The maximum absolute atomic E-state index is 10.8. The Balaban J connectivity index is 2.67. The number of fused-ring (bicyclic) bond motifs is 1. The van der Waals surface area contributed by atoms with E-state index in [4.69, 9.17) is 5.11 Å². The third kappa shape index (κ3) is 1.58. The first-order chi connectivity index (χ1) is 7.59. The first-order valence-electron chi connectivity index (χ1n) is 4.40. The van der Waals surface area contributed by atoms with Crippen LogP contribution in [-0.4, -0.2) is 25.8 Å². The van der Waals surface area contributed by atoms with Crippen molar-refractivity contribution < 1.29 is 14.8 Å². The Hall–Kier alpha value is -2.44. The smallest absolute Gasteiger partial charge is 0.325 e. The lowest BCUT2D eigenvalue weighted by atomic mass is 10.2. The fourth-order valence-electron chi connectivity index (χ4n) is 1.52. The van der Waals surface area contributed by atoms with Gasteiger partial charge in [0, 0.05) is 11.5 Å². The molecule has 0 amide bonds. The number of nitrogens with zero attached hydrogens (tertiary/aromatic N) is 3. The molecule has 0 aliphatic heterocycles. The zero-order valence-corrected chi connectivity index (χ0v) is 8.03. The van der Waals surface area contributed by atoms with Gasteiger partial charge in [-0.25, -0.2) is 4.68 Å². The highest BCUT2D eigenvalue weighted by Gasteiger charge is 2.17. The zero-order chi connectivity index (χ0) is 11.7. The van der Waals surface area contributed by atoms with Crippen LogP contribution in [0.1, 0.15) is 0 Å². The van der Waals surface area contributed by atoms with Crippen molar-refractivity contribution in [1.82, 2.24) is 9.78 Å². The van der Waals surface area contributed by atoms with Crippen LogP contribution in [0.3, 0.4) is 0 Å². The number of nitro benzene ring substituents is 1. The summed E-state index contributed by atoms with van der Waals surface area (Å²) in [5.41, 5.74) is 0.0890. The van der Waals surface area contributed by atoms with Gasteiger partial charge in [-0.3, -0.25) is 14.9 Å². The summed E-state index contributed by atoms with van der Waals surface area (Å²) >= 11 is 0. The Morgan fingerprint density at radius 2 is 2.31 bits per heavy atom. The summed E-state index contributed by atoms with van der Waals surface area (Å²) in [7, 11) is 0. The molecular weight excluding hydrogens is 214 g/mol. The van der Waals surface area contributed by atoms with E-state index in [-0.39, 0.29) is 11.2 Å². The first kappa shape index (κ1) is 10.1. The van der Waals surface area contributed by atoms with E-state index in [0.717, 1.165) is 4.68 Å². The van der Waals surface area contributed by atoms with Crippen molar-refractivity contribution in [3.8, 4) is 0 Å². The van der Waals surface area contributed by atoms with Crippen LogP contribution < -0.4 is 0 Å². The van der Waals surface area contributed by atoms with E-state index in [1.54, 1.807) is 6.07 Å². The third-order valence-electron chi connectivity index (χ3n) is 2.12. The molecule has 1 aromatic carbocycles. The summed E-state index contributed by atoms with van der Waals surface area (Å²) in [6, 6.07) is 4.50. The summed E-state index contributed by atoms with van der Waals surface area (Å²) in [6.07, 6.45) is 1.41. The number of rotatable bonds is 3. The number of benzene rings is 1. The van der Waals surface area contributed by atoms with Crippen LogP contribution in [0, 0.1) is 10.1 Å². The molecule has 1 heterocycles. The summed E-state index contributed by atoms with van der Waals surface area (Å²) in [6.45, 7) is -0.394. The van der Waals surface area contributed by atoms with E-state index in [0.29, 0.717) is 5.39 Å². The van der Waals surface area contributed by atoms with E-state index in [2.05, 4.69) is 5.10 Å². The number of non-ortho nitro benzene ring substituents is 1. The predicted octanol–water partition coefficient (Wildman–Crippen LogP) is 1.03. The molecule has 82 valence electrons. The average molecular weight is 221 g/mol. The van der Waals surface area contributed by atoms with Gasteiger partial charge in [0.25, 0.3) is 5.69 Å². The Kier molecular flexibility index (Phi) is 2.28. The molecule has 0 radical (unpaired) electrons. The Bertz CT molecular complexity index is 575. The van der Waals surface area contributed by atoms with Crippen molar-refractivity contribution in [1.29, 1.82) is 0 Å². The number of carbonyl (C=O) groups is 1. The number of aromatic nitrogens is 2. The van der Waals surface area contributed by atoms with Gasteiger partial charge in [-0.15, -0.1) is 0 Å². The van der Waals surface area contributed by atoms with Crippen molar-refractivity contribution >= 4 is 22.6 Å². The Labute approximate surface area is 89.1 Å². The second-order valence-corrected chi connectivity index (χ2v) is 3.17. The quantitative estimate of drug-likeness (QED) is 0.616. The number of hydrogen-bond donors (Lipinski definition) is 1. The molecule has 7 heteroatoms. The van der Waals surface area contributed by atoms with E-state index >= 15 is 0 Å². The molecule has 0 unspecified atom stereocenters. The summed E-state index contributed by atoms with van der Waals surface area (Å²) in [5, 5.41) is 23.8. The molecule has 1 aromatic heterocycles. The van der Waals surface area contributed by atoms with Crippen LogP contribution >= 0.6 is 0 Å². The number of carboxylic acid groups (broad SMARTS) is 1. The average Bonchev–Trinajstić information content (AvgIpc) is 2.60. The molecule has 0 atom stereocenters. The fraction of sp³-hybridized carbons (Fsp3) is 0.111. The fourth-order valence-corrected chi connectivity index (χ4v) is 1.52. The van der Waals surface area contributed by atoms with E-state index in [1.165, 1.54) is 18.3 Å². The molecule has 0 aliphatic carbocycles. The molecule has 0 spiro atoms. The van der Waals surface area contributed by atoms with E-state index < -0.39 is 17.4 Å². The molecule has 1 N–H and O–H groups in total. The first-order valence-corrected chi connectivity index (χ1v) is 4.40. The molecule has 2 rings (SSSR count). The van der Waals surface area contributed by atoms with Crippen LogP contribution in [0.15, 0.2) is 24.4 Å². The van der Waals surface area contributed by atoms with Gasteiger partial charge in [0.05, 0.1) is 11.1 Å². The van der Waals surface area contributed by atoms with Crippen molar-refractivity contribution in [3.63, 3.8) is 0 Å². The highest BCUT2D eigenvalue weighted by atomic mass is 16.6. The van der Waals surface area contributed by atoms with Crippen LogP contribution in [0.2, 0.25) is 0 Å². The summed E-state index contributed by atoms with van der Waals surface area (Å²) < 4.78 is 1.11. The van der Waals surface area contributed by atoms with Gasteiger partial charge in [0.2, 0.25) is 0 Å². The van der Waals surface area contributed by atoms with Gasteiger partial charge in [-0.2, -0.15) is 5.10 Å². The lowest BCUT2D eigenvalue weighted by molar-refractivity contribution is -0.383. The summed E-state index contributed by atoms with van der Waals surface area (Å²) in [5.74, 6) is -1.09. The minimum absolute atomic E-state index is 0.142. The maximum Gasteiger partial charge on any atom is 0.325 e. The molecule has 16 heavy (non-hydrogen) atoms. The Morgan fingerprint density at radius 1 is 1.56 bits per heavy atom. The highest BCUT2D eigenvalue weighted by Crippen LogP contribution is 2.24. The SMILES string of the molecule is O=C(O)Cn1ncc2cccc([N+](=O)[O-])c21. The molecule has 7 nitrogen and oxygen atoms in total. The van der Waals surface area contributed by atoms with Crippen LogP contribution in [-0.2, 0) is 11.3 Å². The minimum Gasteiger partial charge on any atom is -0.480 e. The third-order valence-corrected chi connectivity index (χ3v) is 2.12. The molecule has 0 saturated heterocycles. The van der Waals surface area contributed by atoms with Crippen LogP contribution in [0.5, 0.6) is 0 Å². The second kappa shape index (κ2) is 3.61. The van der Waals surface area contributed by atoms with Crippen molar-refractivity contribution in [2.24, 2.45) is 0 Å².